The quantitative estimate of drug-likeness (QED) is 0.0236. The standard InChI is InChI=1S/3C19H32N2O.H3O4P/c3*1-4-6-7-8-12-15-19(22)20-21(3,16-5-2)17-18-13-10-9-11-14-18;1-5(2,3)4/h3*9-11,13-14H,4-8,12,15-17H2,1-3H3;(H3,1,2,3,4). The van der Waals surface area contributed by atoms with Gasteiger partial charge < -0.3 is 19.2 Å². The SMILES string of the molecule is CCCCCCCC(=O)N[N+](C)(CCC)Cc1ccccc1.CCCCCCCC(=O)N[N+](C)(CCC)Cc1ccccc1.CCCCCCCC(=O)N[N+](C)(CCC)Cc1ccccc1.O=P([O-])([O-])[O-]. The van der Waals surface area contributed by atoms with E-state index in [2.05, 4.69) is 152 Å². The molecule has 404 valence electrons. The van der Waals surface area contributed by atoms with E-state index in [-0.39, 0.29) is 17.7 Å². The van der Waals surface area contributed by atoms with Crippen LogP contribution in [0.3, 0.4) is 0 Å². The van der Waals surface area contributed by atoms with Gasteiger partial charge in [0.2, 0.25) is 0 Å². The molecule has 14 heteroatoms. The van der Waals surface area contributed by atoms with E-state index in [1.54, 1.807) is 0 Å². The molecule has 3 aromatic carbocycles. The van der Waals surface area contributed by atoms with Crippen molar-refractivity contribution in [3.63, 3.8) is 0 Å². The zero-order valence-electron chi connectivity index (χ0n) is 45.9. The molecule has 13 nitrogen and oxygen atoms in total. The lowest BCUT2D eigenvalue weighted by Crippen LogP contribution is -2.57. The third-order valence-corrected chi connectivity index (χ3v) is 12.0. The largest absolute Gasteiger partial charge is 0.822 e. The summed E-state index contributed by atoms with van der Waals surface area (Å²) in [6.45, 7) is 18.5. The Hall–Kier alpha value is -3.94. The van der Waals surface area contributed by atoms with Gasteiger partial charge in [-0.3, -0.25) is 14.4 Å². The van der Waals surface area contributed by atoms with Crippen LogP contribution in [0.4, 0.5) is 0 Å². The third-order valence-electron chi connectivity index (χ3n) is 12.0. The average Bonchev–Trinajstić information content (AvgIpc) is 3.29. The monoisotopic (exact) mass is 1010 g/mol. The predicted octanol–water partition coefficient (Wildman–Crippen LogP) is 10.5. The van der Waals surface area contributed by atoms with Crippen LogP contribution in [-0.4, -0.2) is 72.3 Å². The van der Waals surface area contributed by atoms with Crippen LogP contribution in [0.2, 0.25) is 0 Å². The fourth-order valence-electron chi connectivity index (χ4n) is 8.70. The molecule has 3 amide bonds. The zero-order valence-corrected chi connectivity index (χ0v) is 46.8. The first kappa shape index (κ1) is 67.1. The normalized spacial score (nSPS) is 13.5. The molecule has 3 N–H and O–H groups in total. The highest BCUT2D eigenvalue weighted by atomic mass is 31.2. The molecule has 0 aliphatic rings. The van der Waals surface area contributed by atoms with Gasteiger partial charge in [-0.05, 0) is 38.5 Å². The second-order valence-electron chi connectivity index (χ2n) is 19.8. The molecule has 0 aromatic heterocycles. The van der Waals surface area contributed by atoms with Crippen LogP contribution in [0.25, 0.3) is 0 Å². The number of hydrogen-bond acceptors (Lipinski definition) is 7. The van der Waals surface area contributed by atoms with E-state index >= 15 is 0 Å². The van der Waals surface area contributed by atoms with E-state index in [1.165, 1.54) is 74.5 Å². The summed E-state index contributed by atoms with van der Waals surface area (Å²) in [5.74, 6) is 0.551. The first-order chi connectivity index (χ1) is 33.8. The van der Waals surface area contributed by atoms with Crippen LogP contribution in [0.1, 0.15) is 193 Å². The maximum atomic E-state index is 12.2. The molecule has 0 bridgehead atoms. The number of hydrogen-bond donors (Lipinski definition) is 3. The van der Waals surface area contributed by atoms with Crippen molar-refractivity contribution in [2.75, 3.05) is 40.8 Å². The van der Waals surface area contributed by atoms with Gasteiger partial charge in [-0.2, -0.15) is 7.82 Å². The van der Waals surface area contributed by atoms with Gasteiger partial charge in [0, 0.05) is 36.0 Å². The van der Waals surface area contributed by atoms with Crippen LogP contribution >= 0.6 is 7.82 Å². The third kappa shape index (κ3) is 39.3. The van der Waals surface area contributed by atoms with Crippen LogP contribution in [-0.2, 0) is 38.6 Å². The Labute approximate surface area is 432 Å². The van der Waals surface area contributed by atoms with E-state index in [0.29, 0.717) is 33.0 Å². The van der Waals surface area contributed by atoms with Gasteiger partial charge in [0.15, 0.2) is 0 Å². The molecule has 3 rings (SSSR count). The number of unbranched alkanes of at least 4 members (excludes halogenated alkanes) is 12. The van der Waals surface area contributed by atoms with E-state index in [9.17, 15) is 14.4 Å². The fraction of sp³-hybridized carbons (Fsp3) is 0.632. The van der Waals surface area contributed by atoms with Gasteiger partial charge >= 0.3 is 0 Å². The molecule has 0 heterocycles. The average molecular weight is 1010 g/mol. The highest BCUT2D eigenvalue weighted by Gasteiger charge is 2.26. The second-order valence-corrected chi connectivity index (χ2v) is 20.7. The molecule has 0 saturated heterocycles. The highest BCUT2D eigenvalue weighted by molar-refractivity contribution is 7.40. The van der Waals surface area contributed by atoms with Crippen LogP contribution in [0.15, 0.2) is 91.0 Å². The molecule has 3 atom stereocenters. The second kappa shape index (κ2) is 40.5. The van der Waals surface area contributed by atoms with Crippen molar-refractivity contribution in [2.45, 2.75) is 196 Å². The summed E-state index contributed by atoms with van der Waals surface area (Å²) in [6.07, 6.45) is 22.9. The molecule has 0 aliphatic carbocycles. The van der Waals surface area contributed by atoms with E-state index in [4.69, 9.17) is 19.2 Å². The van der Waals surface area contributed by atoms with Crippen LogP contribution in [0, 0.1) is 0 Å². The van der Waals surface area contributed by atoms with Crippen LogP contribution < -0.4 is 31.0 Å². The molecule has 3 unspecified atom stereocenters. The molecular weight excluding hydrogens is 912 g/mol. The predicted molar refractivity (Wildman–Crippen MR) is 287 cm³/mol. The first-order valence-corrected chi connectivity index (χ1v) is 28.6. The number of benzene rings is 3. The Morgan fingerprint density at radius 2 is 0.592 bits per heavy atom. The van der Waals surface area contributed by atoms with E-state index in [1.807, 2.05) is 18.2 Å². The number of carbonyl (C=O) groups excluding carboxylic acids is 3. The number of amides is 3. The Morgan fingerprint density at radius 1 is 0.380 bits per heavy atom. The van der Waals surface area contributed by atoms with Gasteiger partial charge in [-0.1, -0.05) is 210 Å². The van der Waals surface area contributed by atoms with E-state index in [0.717, 1.165) is 97.1 Å². The lowest BCUT2D eigenvalue weighted by Gasteiger charge is -2.36. The molecule has 0 aliphatic heterocycles. The summed E-state index contributed by atoms with van der Waals surface area (Å²) in [6, 6.07) is 31.2. The van der Waals surface area contributed by atoms with Crippen molar-refractivity contribution in [1.29, 1.82) is 0 Å². The lowest BCUT2D eigenvalue weighted by atomic mass is 10.1. The number of nitrogens with one attached hydrogen (secondary N) is 3. The Kier molecular flexibility index (Phi) is 38.3. The summed E-state index contributed by atoms with van der Waals surface area (Å²) in [5, 5.41) is 0. The molecule has 71 heavy (non-hydrogen) atoms. The number of nitrogens with zero attached hydrogens (tertiary/aromatic N) is 3. The summed E-state index contributed by atoms with van der Waals surface area (Å²) >= 11 is 0. The van der Waals surface area contributed by atoms with Gasteiger partial charge in [-0.15, -0.1) is 0 Å². The zero-order chi connectivity index (χ0) is 53.3. The molecule has 0 fully saturated rings. The summed E-state index contributed by atoms with van der Waals surface area (Å²) in [7, 11) is 0.961. The minimum Gasteiger partial charge on any atom is -0.822 e. The van der Waals surface area contributed by atoms with Crippen LogP contribution in [0.5, 0.6) is 0 Å². The lowest BCUT2D eigenvalue weighted by molar-refractivity contribution is -0.956. The van der Waals surface area contributed by atoms with Gasteiger partial charge in [0.05, 0.1) is 21.1 Å². The smallest absolute Gasteiger partial charge is 0.264 e. The van der Waals surface area contributed by atoms with Crippen molar-refractivity contribution in [2.24, 2.45) is 0 Å². The van der Waals surface area contributed by atoms with Crippen molar-refractivity contribution < 1.29 is 47.4 Å². The van der Waals surface area contributed by atoms with E-state index < -0.39 is 7.82 Å². The molecule has 0 radical (unpaired) electrons. The number of phosphoric acid groups is 1. The Balaban J connectivity index is 0.000000985. The van der Waals surface area contributed by atoms with Crippen molar-refractivity contribution in [3.05, 3.63) is 108 Å². The van der Waals surface area contributed by atoms with Crippen molar-refractivity contribution >= 4 is 25.5 Å². The molecule has 0 saturated carbocycles. The maximum absolute atomic E-state index is 12.2. The van der Waals surface area contributed by atoms with Gasteiger partial charge in [0.1, 0.15) is 39.3 Å². The Bertz CT molecular complexity index is 1620. The van der Waals surface area contributed by atoms with Crippen molar-refractivity contribution in [1.82, 2.24) is 16.3 Å². The fourth-order valence-corrected chi connectivity index (χ4v) is 8.70. The molecular formula is C57H99N6O7P. The van der Waals surface area contributed by atoms with Gasteiger partial charge in [0.25, 0.3) is 17.7 Å². The van der Waals surface area contributed by atoms with Crippen molar-refractivity contribution in [3.8, 4) is 0 Å². The maximum Gasteiger partial charge on any atom is 0.264 e. The minimum absolute atomic E-state index is 0.184. The summed E-state index contributed by atoms with van der Waals surface area (Å²) < 4.78 is 10.3. The Morgan fingerprint density at radius 3 is 0.789 bits per heavy atom. The molecule has 0 spiro atoms. The topological polar surface area (TPSA) is 174 Å². The van der Waals surface area contributed by atoms with Gasteiger partial charge in [-0.25, -0.2) is 30.1 Å². The first-order valence-electron chi connectivity index (χ1n) is 27.1. The number of carbonyl (C=O) groups is 3. The molecule has 3 aromatic rings. The number of quaternary nitrogens is 3. The highest BCUT2D eigenvalue weighted by Crippen LogP contribution is 2.15. The minimum atomic E-state index is -5.39. The number of rotatable bonds is 33. The summed E-state index contributed by atoms with van der Waals surface area (Å²) in [4.78, 5) is 62.3. The summed E-state index contributed by atoms with van der Waals surface area (Å²) in [5.41, 5.74) is 13.5.